The van der Waals surface area contributed by atoms with E-state index in [9.17, 15) is 0 Å². The second-order valence-corrected chi connectivity index (χ2v) is 4.67. The van der Waals surface area contributed by atoms with Crippen LogP contribution in [-0.4, -0.2) is 16.0 Å². The number of nitrogens with zero attached hydrogens (tertiary/aromatic N) is 3. The Balaban J connectivity index is 1.81. The molecule has 0 bridgehead atoms. The van der Waals surface area contributed by atoms with Crippen LogP contribution in [0.25, 0.3) is 0 Å². The summed E-state index contributed by atoms with van der Waals surface area (Å²) in [7, 11) is 0. The molecule has 2 N–H and O–H groups in total. The smallest absolute Gasteiger partial charge is 0.132 e. The van der Waals surface area contributed by atoms with Gasteiger partial charge in [-0.3, -0.25) is 0 Å². The Kier molecular flexibility index (Phi) is 2.84. The summed E-state index contributed by atoms with van der Waals surface area (Å²) >= 11 is 0. The number of nitrogen functional groups attached to an aromatic ring is 1. The van der Waals surface area contributed by atoms with E-state index in [1.807, 2.05) is 18.2 Å². The zero-order valence-electron chi connectivity index (χ0n) is 10.2. The molecule has 0 aliphatic heterocycles. The predicted octanol–water partition coefficient (Wildman–Crippen LogP) is 2.23. The van der Waals surface area contributed by atoms with Gasteiger partial charge >= 0.3 is 0 Å². The third-order valence-electron chi connectivity index (χ3n) is 3.18. The van der Waals surface area contributed by atoms with Crippen molar-refractivity contribution in [3.05, 3.63) is 48.4 Å². The Labute approximate surface area is 106 Å². The van der Waals surface area contributed by atoms with Crippen molar-refractivity contribution in [3.8, 4) is 0 Å². The zero-order valence-corrected chi connectivity index (χ0v) is 10.2. The summed E-state index contributed by atoms with van der Waals surface area (Å²) in [6.45, 7) is 0.877. The van der Waals surface area contributed by atoms with E-state index >= 15 is 0 Å². The number of hydrogen-bond donors (Lipinski definition) is 1. The second-order valence-electron chi connectivity index (χ2n) is 4.67. The molecule has 1 heterocycles. The highest BCUT2D eigenvalue weighted by Gasteiger charge is 2.29. The molecule has 0 unspecified atom stereocenters. The Bertz CT molecular complexity index is 505. The van der Waals surface area contributed by atoms with Gasteiger partial charge in [0.15, 0.2) is 0 Å². The topological polar surface area (TPSA) is 55.0 Å². The summed E-state index contributed by atoms with van der Waals surface area (Å²) in [6, 6.07) is 10.6. The minimum Gasteiger partial charge on any atom is -0.399 e. The van der Waals surface area contributed by atoms with Gasteiger partial charge in [-0.25, -0.2) is 9.97 Å². The SMILES string of the molecule is Nc1ccc(CN(c2ccncn2)C2CC2)cc1. The van der Waals surface area contributed by atoms with Gasteiger partial charge in [0.25, 0.3) is 0 Å². The van der Waals surface area contributed by atoms with Crippen LogP contribution in [0, 0.1) is 0 Å². The molecule has 1 fully saturated rings. The lowest BCUT2D eigenvalue weighted by atomic mass is 10.2. The average molecular weight is 240 g/mol. The molecule has 1 aliphatic carbocycles. The molecule has 3 rings (SSSR count). The number of benzene rings is 1. The molecule has 1 saturated carbocycles. The highest BCUT2D eigenvalue weighted by molar-refractivity contribution is 5.44. The quantitative estimate of drug-likeness (QED) is 0.833. The number of anilines is 2. The standard InChI is InChI=1S/C14H16N4/c15-12-3-1-11(2-4-12)9-18(13-5-6-13)14-7-8-16-10-17-14/h1-4,7-8,10,13H,5-6,9,15H2. The first-order chi connectivity index (χ1) is 8.83. The molecule has 92 valence electrons. The molecular weight excluding hydrogens is 224 g/mol. The Morgan fingerprint density at radius 3 is 2.56 bits per heavy atom. The Hall–Kier alpha value is -2.10. The molecule has 0 saturated heterocycles. The number of hydrogen-bond acceptors (Lipinski definition) is 4. The first-order valence-corrected chi connectivity index (χ1v) is 6.20. The number of rotatable bonds is 4. The van der Waals surface area contributed by atoms with Gasteiger partial charge in [0.1, 0.15) is 12.1 Å². The van der Waals surface area contributed by atoms with Crippen molar-refractivity contribution in [1.82, 2.24) is 9.97 Å². The van der Waals surface area contributed by atoms with Gasteiger partial charge in [-0.2, -0.15) is 0 Å². The maximum Gasteiger partial charge on any atom is 0.132 e. The highest BCUT2D eigenvalue weighted by atomic mass is 15.2. The minimum atomic E-state index is 0.623. The van der Waals surface area contributed by atoms with E-state index in [4.69, 9.17) is 5.73 Å². The predicted molar refractivity (Wildman–Crippen MR) is 72.1 cm³/mol. The molecule has 0 radical (unpaired) electrons. The Morgan fingerprint density at radius 1 is 1.17 bits per heavy atom. The lowest BCUT2D eigenvalue weighted by Crippen LogP contribution is -2.25. The summed E-state index contributed by atoms with van der Waals surface area (Å²) in [6.07, 6.45) is 5.90. The third kappa shape index (κ3) is 2.42. The minimum absolute atomic E-state index is 0.623. The van der Waals surface area contributed by atoms with Crippen molar-refractivity contribution in [2.75, 3.05) is 10.6 Å². The fraction of sp³-hybridized carbons (Fsp3) is 0.286. The molecule has 4 heteroatoms. The lowest BCUT2D eigenvalue weighted by Gasteiger charge is -2.23. The van der Waals surface area contributed by atoms with E-state index in [-0.39, 0.29) is 0 Å². The van der Waals surface area contributed by atoms with Gasteiger partial charge in [-0.1, -0.05) is 12.1 Å². The summed E-state index contributed by atoms with van der Waals surface area (Å²) in [5.41, 5.74) is 7.77. The molecular formula is C14H16N4. The lowest BCUT2D eigenvalue weighted by molar-refractivity contribution is 0.775. The van der Waals surface area contributed by atoms with E-state index in [1.165, 1.54) is 18.4 Å². The van der Waals surface area contributed by atoms with Gasteiger partial charge in [0.2, 0.25) is 0 Å². The normalized spacial score (nSPS) is 14.4. The fourth-order valence-electron chi connectivity index (χ4n) is 2.06. The van der Waals surface area contributed by atoms with E-state index in [1.54, 1.807) is 12.5 Å². The van der Waals surface area contributed by atoms with Crippen molar-refractivity contribution in [3.63, 3.8) is 0 Å². The van der Waals surface area contributed by atoms with Gasteiger partial charge in [0.05, 0.1) is 0 Å². The van der Waals surface area contributed by atoms with Crippen LogP contribution in [0.15, 0.2) is 42.9 Å². The summed E-state index contributed by atoms with van der Waals surface area (Å²) < 4.78 is 0. The average Bonchev–Trinajstić information content (AvgIpc) is 3.23. The Morgan fingerprint density at radius 2 is 1.94 bits per heavy atom. The van der Waals surface area contributed by atoms with Crippen LogP contribution < -0.4 is 10.6 Å². The maximum absolute atomic E-state index is 5.71. The number of aromatic nitrogens is 2. The monoisotopic (exact) mass is 240 g/mol. The first-order valence-electron chi connectivity index (χ1n) is 6.20. The fourth-order valence-corrected chi connectivity index (χ4v) is 2.06. The van der Waals surface area contributed by atoms with E-state index in [2.05, 4.69) is 27.0 Å². The van der Waals surface area contributed by atoms with Crippen molar-refractivity contribution in [1.29, 1.82) is 0 Å². The molecule has 4 nitrogen and oxygen atoms in total. The summed E-state index contributed by atoms with van der Waals surface area (Å²) in [5.74, 6) is 1.00. The van der Waals surface area contributed by atoms with Crippen LogP contribution in [0.1, 0.15) is 18.4 Å². The van der Waals surface area contributed by atoms with Crippen LogP contribution in [-0.2, 0) is 6.54 Å². The van der Waals surface area contributed by atoms with E-state index in [0.29, 0.717) is 6.04 Å². The van der Waals surface area contributed by atoms with Gasteiger partial charge in [-0.15, -0.1) is 0 Å². The highest BCUT2D eigenvalue weighted by Crippen LogP contribution is 2.31. The van der Waals surface area contributed by atoms with Crippen LogP contribution in [0.2, 0.25) is 0 Å². The van der Waals surface area contributed by atoms with Crippen molar-refractivity contribution < 1.29 is 0 Å². The zero-order chi connectivity index (χ0) is 12.4. The van der Waals surface area contributed by atoms with Gasteiger partial charge in [-0.05, 0) is 36.6 Å². The van der Waals surface area contributed by atoms with Gasteiger partial charge < -0.3 is 10.6 Å². The molecule has 0 spiro atoms. The molecule has 0 amide bonds. The van der Waals surface area contributed by atoms with E-state index < -0.39 is 0 Å². The van der Waals surface area contributed by atoms with Crippen LogP contribution in [0.3, 0.4) is 0 Å². The van der Waals surface area contributed by atoms with Crippen LogP contribution in [0.5, 0.6) is 0 Å². The molecule has 18 heavy (non-hydrogen) atoms. The van der Waals surface area contributed by atoms with Crippen molar-refractivity contribution >= 4 is 11.5 Å². The molecule has 1 aromatic carbocycles. The molecule has 0 atom stereocenters. The van der Waals surface area contributed by atoms with Crippen LogP contribution >= 0.6 is 0 Å². The summed E-state index contributed by atoms with van der Waals surface area (Å²) in [5, 5.41) is 0. The van der Waals surface area contributed by atoms with Gasteiger partial charge in [0, 0.05) is 24.5 Å². The maximum atomic E-state index is 5.71. The van der Waals surface area contributed by atoms with Crippen molar-refractivity contribution in [2.45, 2.75) is 25.4 Å². The van der Waals surface area contributed by atoms with Crippen LogP contribution in [0.4, 0.5) is 11.5 Å². The van der Waals surface area contributed by atoms with E-state index in [0.717, 1.165) is 18.1 Å². The second kappa shape index (κ2) is 4.64. The molecule has 1 aliphatic rings. The molecule has 2 aromatic rings. The van der Waals surface area contributed by atoms with Crippen molar-refractivity contribution in [2.24, 2.45) is 0 Å². The third-order valence-corrected chi connectivity index (χ3v) is 3.18. The largest absolute Gasteiger partial charge is 0.399 e. The summed E-state index contributed by atoms with van der Waals surface area (Å²) in [4.78, 5) is 10.7. The molecule has 1 aromatic heterocycles. The number of nitrogens with two attached hydrogens (primary N) is 1. The first kappa shape index (κ1) is 11.0.